The summed E-state index contributed by atoms with van der Waals surface area (Å²) < 4.78 is 70.3. The van der Waals surface area contributed by atoms with Gasteiger partial charge in [-0.15, -0.1) is 0 Å². The molecule has 1 saturated heterocycles. The fourth-order valence-electron chi connectivity index (χ4n) is 4.38. The smallest absolute Gasteiger partial charge is 0.341 e. The highest BCUT2D eigenvalue weighted by atomic mass is 19.4. The van der Waals surface area contributed by atoms with Gasteiger partial charge in [-0.3, -0.25) is 4.98 Å². The number of alkyl halides is 3. The van der Waals surface area contributed by atoms with Gasteiger partial charge >= 0.3 is 6.18 Å². The first-order chi connectivity index (χ1) is 17.7. The molecule has 6 nitrogen and oxygen atoms in total. The summed E-state index contributed by atoms with van der Waals surface area (Å²) in [4.78, 5) is 18.3. The van der Waals surface area contributed by atoms with E-state index in [1.165, 1.54) is 24.4 Å². The van der Waals surface area contributed by atoms with E-state index in [-0.39, 0.29) is 39.6 Å². The molecule has 0 saturated carbocycles. The monoisotopic (exact) mass is 510 g/mol. The van der Waals surface area contributed by atoms with Gasteiger partial charge in [-0.25, -0.2) is 23.6 Å². The lowest BCUT2D eigenvalue weighted by molar-refractivity contribution is -0.137. The molecule has 11 heteroatoms. The van der Waals surface area contributed by atoms with E-state index in [1.807, 2.05) is 4.90 Å². The van der Waals surface area contributed by atoms with Crippen molar-refractivity contribution in [1.82, 2.24) is 15.0 Å². The normalized spacial score (nSPS) is 14.7. The SMILES string of the molecule is [C-]#[N+]c1ccc(-c2nc(N3CCC(N)CC3)nc3cnc(-c4c(F)cccc4C(F)(F)F)cc23)cc1F. The lowest BCUT2D eigenvalue weighted by atomic mass is 10.00. The Morgan fingerprint density at radius 2 is 1.76 bits per heavy atom. The van der Waals surface area contributed by atoms with Crippen molar-refractivity contribution in [2.75, 3.05) is 18.0 Å². The zero-order valence-electron chi connectivity index (χ0n) is 19.2. The third-order valence-corrected chi connectivity index (χ3v) is 6.31. The number of pyridine rings is 1. The Morgan fingerprint density at radius 1 is 1.00 bits per heavy atom. The minimum atomic E-state index is -4.81. The van der Waals surface area contributed by atoms with Crippen molar-refractivity contribution in [3.8, 4) is 22.5 Å². The van der Waals surface area contributed by atoms with Gasteiger partial charge in [-0.05, 0) is 37.1 Å². The number of hydrogen-bond acceptors (Lipinski definition) is 5. The zero-order valence-corrected chi connectivity index (χ0v) is 19.2. The molecule has 1 aliphatic rings. The Balaban J connectivity index is 1.74. The van der Waals surface area contributed by atoms with Gasteiger partial charge in [0.15, 0.2) is 0 Å². The van der Waals surface area contributed by atoms with E-state index in [1.54, 1.807) is 0 Å². The largest absolute Gasteiger partial charge is 0.417 e. The zero-order chi connectivity index (χ0) is 26.3. The maximum absolute atomic E-state index is 14.7. The van der Waals surface area contributed by atoms with Crippen LogP contribution in [0.3, 0.4) is 0 Å². The van der Waals surface area contributed by atoms with Crippen molar-refractivity contribution in [2.24, 2.45) is 5.73 Å². The van der Waals surface area contributed by atoms with Gasteiger partial charge in [-0.2, -0.15) is 13.2 Å². The maximum Gasteiger partial charge on any atom is 0.417 e. The molecule has 1 aliphatic heterocycles. The second kappa shape index (κ2) is 9.37. The minimum Gasteiger partial charge on any atom is -0.341 e. The second-order valence-corrected chi connectivity index (χ2v) is 8.72. The average Bonchev–Trinajstić information content (AvgIpc) is 2.87. The van der Waals surface area contributed by atoms with Crippen molar-refractivity contribution in [3.05, 3.63) is 77.3 Å². The summed E-state index contributed by atoms with van der Waals surface area (Å²) in [6.45, 7) is 8.28. The molecule has 0 amide bonds. The number of benzene rings is 2. The van der Waals surface area contributed by atoms with E-state index >= 15 is 0 Å². The highest BCUT2D eigenvalue weighted by Gasteiger charge is 2.35. The average molecular weight is 510 g/mol. The molecule has 0 radical (unpaired) electrons. The first-order valence-corrected chi connectivity index (χ1v) is 11.4. The van der Waals surface area contributed by atoms with Gasteiger partial charge in [0.1, 0.15) is 11.6 Å². The van der Waals surface area contributed by atoms with E-state index < -0.39 is 28.9 Å². The number of rotatable bonds is 3. The van der Waals surface area contributed by atoms with E-state index in [9.17, 15) is 22.0 Å². The first-order valence-electron chi connectivity index (χ1n) is 11.4. The van der Waals surface area contributed by atoms with E-state index in [2.05, 4.69) is 19.8 Å². The maximum atomic E-state index is 14.7. The van der Waals surface area contributed by atoms with Gasteiger partial charge in [0.05, 0.1) is 35.2 Å². The fraction of sp³-hybridized carbons (Fsp3) is 0.231. The Labute approximate surface area is 208 Å². The number of nitrogens with zero attached hydrogens (tertiary/aromatic N) is 5. The summed E-state index contributed by atoms with van der Waals surface area (Å²) in [5.74, 6) is -1.52. The van der Waals surface area contributed by atoms with Gasteiger partial charge in [-0.1, -0.05) is 18.2 Å². The van der Waals surface area contributed by atoms with Crippen molar-refractivity contribution >= 4 is 22.5 Å². The van der Waals surface area contributed by atoms with Crippen LogP contribution in [0, 0.1) is 18.2 Å². The molecule has 0 atom stereocenters. The second-order valence-electron chi connectivity index (χ2n) is 8.72. The standard InChI is InChI=1S/C26H19F5N6/c1-33-20-6-5-14(11-19(20)28)24-16-12-21(23-17(26(29,30)31)3-2-4-18(23)27)34-13-22(16)35-25(36-24)37-9-7-15(32)8-10-37/h2-6,11-13,15H,7-10,32H2. The highest BCUT2D eigenvalue weighted by Crippen LogP contribution is 2.39. The Bertz CT molecular complexity index is 1540. The molecule has 2 aromatic carbocycles. The molecule has 5 rings (SSSR count). The third-order valence-electron chi connectivity index (χ3n) is 6.31. The van der Waals surface area contributed by atoms with Crippen molar-refractivity contribution < 1.29 is 22.0 Å². The van der Waals surface area contributed by atoms with Crippen LogP contribution >= 0.6 is 0 Å². The number of hydrogen-bond donors (Lipinski definition) is 1. The van der Waals surface area contributed by atoms with Crippen molar-refractivity contribution in [1.29, 1.82) is 0 Å². The predicted molar refractivity (Wildman–Crippen MR) is 129 cm³/mol. The summed E-state index contributed by atoms with van der Waals surface area (Å²) in [5, 5.41) is 0.258. The molecule has 2 aromatic heterocycles. The fourth-order valence-corrected chi connectivity index (χ4v) is 4.38. The van der Waals surface area contributed by atoms with Crippen LogP contribution in [0.25, 0.3) is 38.3 Å². The molecule has 0 spiro atoms. The molecule has 4 aromatic rings. The molecule has 1 fully saturated rings. The molecule has 2 N–H and O–H groups in total. The van der Waals surface area contributed by atoms with Gasteiger partial charge < -0.3 is 10.6 Å². The number of aromatic nitrogens is 3. The van der Waals surface area contributed by atoms with Gasteiger partial charge in [0.2, 0.25) is 11.6 Å². The van der Waals surface area contributed by atoms with E-state index in [4.69, 9.17) is 12.3 Å². The topological polar surface area (TPSA) is 72.3 Å². The molecule has 0 aliphatic carbocycles. The Hall–Kier alpha value is -4.17. The van der Waals surface area contributed by atoms with Crippen LogP contribution in [-0.4, -0.2) is 34.1 Å². The lowest BCUT2D eigenvalue weighted by Gasteiger charge is -2.30. The van der Waals surface area contributed by atoms with Gasteiger partial charge in [0.25, 0.3) is 0 Å². The van der Waals surface area contributed by atoms with E-state index in [0.29, 0.717) is 19.0 Å². The molecular formula is C26H19F5N6. The molecule has 188 valence electrons. The summed E-state index contributed by atoms with van der Waals surface area (Å²) in [6.07, 6.45) is -2.12. The number of piperidine rings is 1. The molecule has 3 heterocycles. The summed E-state index contributed by atoms with van der Waals surface area (Å²) in [6, 6.07) is 7.95. The highest BCUT2D eigenvalue weighted by molar-refractivity contribution is 5.95. The van der Waals surface area contributed by atoms with Crippen LogP contribution in [0.5, 0.6) is 0 Å². The van der Waals surface area contributed by atoms with Crippen LogP contribution in [0.15, 0.2) is 48.7 Å². The molecule has 0 bridgehead atoms. The number of halogens is 5. The summed E-state index contributed by atoms with van der Waals surface area (Å²) in [7, 11) is 0. The third kappa shape index (κ3) is 4.68. The quantitative estimate of drug-likeness (QED) is 0.265. The van der Waals surface area contributed by atoms with Crippen LogP contribution in [0.4, 0.5) is 33.6 Å². The lowest BCUT2D eigenvalue weighted by Crippen LogP contribution is -2.40. The van der Waals surface area contributed by atoms with Crippen molar-refractivity contribution in [2.45, 2.75) is 25.1 Å². The van der Waals surface area contributed by atoms with Crippen LogP contribution in [0.1, 0.15) is 18.4 Å². The van der Waals surface area contributed by atoms with Crippen LogP contribution in [0.2, 0.25) is 0 Å². The minimum absolute atomic E-state index is 0.0549. The van der Waals surface area contributed by atoms with Crippen LogP contribution < -0.4 is 10.6 Å². The summed E-state index contributed by atoms with van der Waals surface area (Å²) in [5.41, 5.74) is 4.48. The van der Waals surface area contributed by atoms with Crippen molar-refractivity contribution in [3.63, 3.8) is 0 Å². The Kier molecular flexibility index (Phi) is 6.21. The summed E-state index contributed by atoms with van der Waals surface area (Å²) >= 11 is 0. The van der Waals surface area contributed by atoms with Gasteiger partial charge in [0, 0.05) is 35.6 Å². The number of nitrogens with two attached hydrogens (primary N) is 1. The van der Waals surface area contributed by atoms with E-state index in [0.717, 1.165) is 37.1 Å². The Morgan fingerprint density at radius 3 is 2.43 bits per heavy atom. The predicted octanol–water partition coefficient (Wildman–Crippen LogP) is 6.13. The molecule has 37 heavy (non-hydrogen) atoms. The number of fused-ring (bicyclic) bond motifs is 1. The number of anilines is 1. The first kappa shape index (κ1) is 24.5. The van der Waals surface area contributed by atoms with Crippen LogP contribution in [-0.2, 0) is 6.18 Å². The molecule has 0 unspecified atom stereocenters. The molecular weight excluding hydrogens is 491 g/mol.